The standard InChI is InChI=1S/C23H31N5O3/c1-15(29)13-17-10-11-18-19(14-17)28-16(2)26-27-22(28)21(25-18)24-12-8-6-7-9-20(30)31-23(3,4)5/h10-11,14H,6-9,12-13H2,1-5H3,(H,24,25). The summed E-state index contributed by atoms with van der Waals surface area (Å²) in [5, 5.41) is 11.9. The molecule has 0 fully saturated rings. The molecule has 0 amide bonds. The van der Waals surface area contributed by atoms with E-state index in [4.69, 9.17) is 9.72 Å². The van der Waals surface area contributed by atoms with Gasteiger partial charge in [-0.3, -0.25) is 14.0 Å². The molecule has 0 saturated heterocycles. The fourth-order valence-corrected chi connectivity index (χ4v) is 3.50. The number of ether oxygens (including phenoxy) is 1. The zero-order valence-corrected chi connectivity index (χ0v) is 19.0. The Balaban J connectivity index is 1.64. The Hall–Kier alpha value is -3.03. The molecule has 3 aromatic rings. The second-order valence-electron chi connectivity index (χ2n) is 8.89. The van der Waals surface area contributed by atoms with Crippen LogP contribution in [0.15, 0.2) is 18.2 Å². The summed E-state index contributed by atoms with van der Waals surface area (Å²) in [5.41, 5.74) is 2.88. The monoisotopic (exact) mass is 425 g/mol. The number of esters is 1. The highest BCUT2D eigenvalue weighted by molar-refractivity contribution is 5.85. The van der Waals surface area contributed by atoms with Gasteiger partial charge in [0.15, 0.2) is 5.82 Å². The molecule has 31 heavy (non-hydrogen) atoms. The number of rotatable bonds is 9. The molecule has 0 radical (unpaired) electrons. The third-order valence-corrected chi connectivity index (χ3v) is 4.77. The van der Waals surface area contributed by atoms with Crippen LogP contribution in [0.3, 0.4) is 0 Å². The van der Waals surface area contributed by atoms with Crippen molar-refractivity contribution >= 4 is 34.3 Å². The smallest absolute Gasteiger partial charge is 0.306 e. The van der Waals surface area contributed by atoms with Crippen molar-refractivity contribution in [1.29, 1.82) is 0 Å². The first kappa shape index (κ1) is 22.7. The highest BCUT2D eigenvalue weighted by Crippen LogP contribution is 2.23. The fraction of sp³-hybridized carbons (Fsp3) is 0.522. The molecule has 8 nitrogen and oxygen atoms in total. The molecule has 2 aromatic heterocycles. The average molecular weight is 426 g/mol. The third kappa shape index (κ3) is 5.99. The van der Waals surface area contributed by atoms with Crippen LogP contribution < -0.4 is 5.32 Å². The quantitative estimate of drug-likeness (QED) is 0.408. The number of aryl methyl sites for hydroxylation is 1. The Morgan fingerprint density at radius 2 is 1.90 bits per heavy atom. The SMILES string of the molecule is CC(=O)Cc1ccc2nc(NCCCCCC(=O)OC(C)(C)C)c3nnc(C)n3c2c1. The molecule has 3 rings (SSSR count). The normalized spacial score (nSPS) is 11.8. The summed E-state index contributed by atoms with van der Waals surface area (Å²) in [6, 6.07) is 5.84. The van der Waals surface area contributed by atoms with Crippen molar-refractivity contribution < 1.29 is 14.3 Å². The van der Waals surface area contributed by atoms with Gasteiger partial charge in [0.25, 0.3) is 0 Å². The van der Waals surface area contributed by atoms with Crippen LogP contribution in [0.5, 0.6) is 0 Å². The van der Waals surface area contributed by atoms with Crippen LogP contribution in [0.1, 0.15) is 64.8 Å². The lowest BCUT2D eigenvalue weighted by molar-refractivity contribution is -0.154. The third-order valence-electron chi connectivity index (χ3n) is 4.77. The summed E-state index contributed by atoms with van der Waals surface area (Å²) in [7, 11) is 0. The van der Waals surface area contributed by atoms with E-state index >= 15 is 0 Å². The number of fused-ring (bicyclic) bond motifs is 3. The maximum absolute atomic E-state index is 11.8. The predicted molar refractivity (Wildman–Crippen MR) is 120 cm³/mol. The van der Waals surface area contributed by atoms with Crippen molar-refractivity contribution in [1.82, 2.24) is 19.6 Å². The highest BCUT2D eigenvalue weighted by Gasteiger charge is 2.16. The maximum Gasteiger partial charge on any atom is 0.306 e. The van der Waals surface area contributed by atoms with Gasteiger partial charge in [-0.2, -0.15) is 0 Å². The van der Waals surface area contributed by atoms with Gasteiger partial charge in [-0.15, -0.1) is 10.2 Å². The minimum absolute atomic E-state index is 0.119. The van der Waals surface area contributed by atoms with E-state index in [1.807, 2.05) is 50.3 Å². The van der Waals surface area contributed by atoms with Crippen LogP contribution in [-0.4, -0.2) is 43.5 Å². The van der Waals surface area contributed by atoms with Crippen LogP contribution >= 0.6 is 0 Å². The number of nitrogens with one attached hydrogen (secondary N) is 1. The van der Waals surface area contributed by atoms with Gasteiger partial charge in [-0.1, -0.05) is 12.5 Å². The first-order chi connectivity index (χ1) is 14.6. The number of Topliss-reactive ketones (excluding diaryl/α,β-unsaturated/α-hetero) is 1. The molecule has 0 bridgehead atoms. The van der Waals surface area contributed by atoms with Gasteiger partial charge in [0.05, 0.1) is 11.0 Å². The molecule has 0 aliphatic heterocycles. The highest BCUT2D eigenvalue weighted by atomic mass is 16.6. The number of hydrogen-bond acceptors (Lipinski definition) is 7. The van der Waals surface area contributed by atoms with Gasteiger partial charge in [0.1, 0.15) is 17.2 Å². The first-order valence-electron chi connectivity index (χ1n) is 10.7. The van der Waals surface area contributed by atoms with Crippen LogP contribution in [0.4, 0.5) is 5.82 Å². The number of aromatic nitrogens is 4. The van der Waals surface area contributed by atoms with Crippen molar-refractivity contribution in [2.45, 2.75) is 72.3 Å². The summed E-state index contributed by atoms with van der Waals surface area (Å²) in [5.74, 6) is 1.41. The van der Waals surface area contributed by atoms with Crippen molar-refractivity contribution in [2.24, 2.45) is 0 Å². The van der Waals surface area contributed by atoms with E-state index in [0.29, 0.717) is 24.3 Å². The fourth-order valence-electron chi connectivity index (χ4n) is 3.50. The Bertz CT molecular complexity index is 1100. The Morgan fingerprint density at radius 3 is 2.61 bits per heavy atom. The molecule has 0 atom stereocenters. The second-order valence-corrected chi connectivity index (χ2v) is 8.89. The summed E-state index contributed by atoms with van der Waals surface area (Å²) < 4.78 is 7.30. The number of ketones is 1. The molecule has 0 aliphatic carbocycles. The zero-order chi connectivity index (χ0) is 22.6. The zero-order valence-electron chi connectivity index (χ0n) is 19.0. The molecule has 1 aromatic carbocycles. The summed E-state index contributed by atoms with van der Waals surface area (Å²) in [4.78, 5) is 28.0. The summed E-state index contributed by atoms with van der Waals surface area (Å²) in [6.45, 7) is 9.84. The molecule has 0 unspecified atom stereocenters. The van der Waals surface area contributed by atoms with E-state index in [1.165, 1.54) is 0 Å². The van der Waals surface area contributed by atoms with Crippen LogP contribution in [0, 0.1) is 6.92 Å². The van der Waals surface area contributed by atoms with Gasteiger partial charge in [-0.05, 0) is 65.2 Å². The molecule has 8 heteroatoms. The van der Waals surface area contributed by atoms with Crippen LogP contribution in [0.2, 0.25) is 0 Å². The van der Waals surface area contributed by atoms with E-state index in [-0.39, 0.29) is 11.8 Å². The number of nitrogens with zero attached hydrogens (tertiary/aromatic N) is 4. The van der Waals surface area contributed by atoms with Crippen LogP contribution in [0.25, 0.3) is 16.7 Å². The Kier molecular flexibility index (Phi) is 6.87. The average Bonchev–Trinajstić information content (AvgIpc) is 3.05. The molecular formula is C23H31N5O3. The molecule has 166 valence electrons. The lowest BCUT2D eigenvalue weighted by Gasteiger charge is -2.19. The van der Waals surface area contributed by atoms with Gasteiger partial charge in [-0.25, -0.2) is 4.98 Å². The van der Waals surface area contributed by atoms with Crippen molar-refractivity contribution in [2.75, 3.05) is 11.9 Å². The number of anilines is 1. The molecule has 0 spiro atoms. The molecule has 2 heterocycles. The topological polar surface area (TPSA) is 98.5 Å². The van der Waals surface area contributed by atoms with E-state index in [1.54, 1.807) is 6.92 Å². The number of unbranched alkanes of at least 4 members (excludes halogenated alkanes) is 2. The van der Waals surface area contributed by atoms with E-state index in [0.717, 1.165) is 48.2 Å². The largest absolute Gasteiger partial charge is 0.460 e. The molecular weight excluding hydrogens is 394 g/mol. The first-order valence-corrected chi connectivity index (χ1v) is 10.7. The lowest BCUT2D eigenvalue weighted by atomic mass is 10.1. The van der Waals surface area contributed by atoms with E-state index in [9.17, 15) is 9.59 Å². The van der Waals surface area contributed by atoms with Gasteiger partial charge >= 0.3 is 5.97 Å². The number of carbonyl (C=O) groups is 2. The summed E-state index contributed by atoms with van der Waals surface area (Å²) in [6.07, 6.45) is 3.43. The van der Waals surface area contributed by atoms with Crippen molar-refractivity contribution in [3.63, 3.8) is 0 Å². The number of hydrogen-bond donors (Lipinski definition) is 1. The molecule has 1 N–H and O–H groups in total. The van der Waals surface area contributed by atoms with Gasteiger partial charge in [0.2, 0.25) is 5.65 Å². The predicted octanol–water partition coefficient (Wildman–Crippen LogP) is 4.03. The minimum Gasteiger partial charge on any atom is -0.460 e. The van der Waals surface area contributed by atoms with E-state index in [2.05, 4.69) is 15.5 Å². The second kappa shape index (κ2) is 9.41. The van der Waals surface area contributed by atoms with E-state index < -0.39 is 5.60 Å². The maximum atomic E-state index is 11.8. The lowest BCUT2D eigenvalue weighted by Crippen LogP contribution is -2.23. The molecule has 0 aliphatic rings. The number of benzene rings is 1. The Labute approximate surface area is 182 Å². The molecule has 0 saturated carbocycles. The van der Waals surface area contributed by atoms with Crippen molar-refractivity contribution in [3.8, 4) is 0 Å². The van der Waals surface area contributed by atoms with Gasteiger partial charge < -0.3 is 10.1 Å². The van der Waals surface area contributed by atoms with Crippen LogP contribution in [-0.2, 0) is 20.7 Å². The minimum atomic E-state index is -0.436. The van der Waals surface area contributed by atoms with Crippen molar-refractivity contribution in [3.05, 3.63) is 29.6 Å². The number of carbonyl (C=O) groups excluding carboxylic acids is 2. The summed E-state index contributed by atoms with van der Waals surface area (Å²) >= 11 is 0. The Morgan fingerprint density at radius 1 is 1.13 bits per heavy atom. The van der Waals surface area contributed by atoms with Gasteiger partial charge in [0, 0.05) is 19.4 Å².